The molecule has 0 aliphatic rings. The van der Waals surface area contributed by atoms with E-state index >= 15 is 0 Å². The second kappa shape index (κ2) is 6.92. The third-order valence-electron chi connectivity index (χ3n) is 2.29. The van der Waals surface area contributed by atoms with E-state index in [0.29, 0.717) is 5.75 Å². The average molecular weight is 311 g/mol. The molecule has 5 heteroatoms. The van der Waals surface area contributed by atoms with Crippen LogP contribution in [0.4, 0.5) is 5.69 Å². The van der Waals surface area contributed by atoms with Crippen molar-refractivity contribution < 1.29 is 9.53 Å². The van der Waals surface area contributed by atoms with Crippen LogP contribution in [0.25, 0.3) is 0 Å². The molecular weight excluding hydrogens is 296 g/mol. The first-order valence-corrected chi connectivity index (χ1v) is 6.19. The molecule has 0 saturated carbocycles. The summed E-state index contributed by atoms with van der Waals surface area (Å²) in [5, 5.41) is 5.69. The van der Waals surface area contributed by atoms with Crippen LogP contribution in [0.3, 0.4) is 0 Å². The molecule has 96 valence electrons. The summed E-state index contributed by atoms with van der Waals surface area (Å²) in [5.41, 5.74) is 0.746. The Morgan fingerprint density at radius 1 is 1.61 bits per heavy atom. The number of amides is 1. The number of anilines is 1. The fourth-order valence-corrected chi connectivity index (χ4v) is 1.74. The molecule has 0 fully saturated rings. The Hall–Kier alpha value is -1.67. The smallest absolute Gasteiger partial charge is 0.242 e. The van der Waals surface area contributed by atoms with Gasteiger partial charge in [-0.25, -0.2) is 0 Å². The fourth-order valence-electron chi connectivity index (χ4n) is 1.38. The largest absolute Gasteiger partial charge is 0.495 e. The Labute approximate surface area is 115 Å². The molecule has 0 aliphatic heterocycles. The van der Waals surface area contributed by atoms with E-state index in [1.54, 1.807) is 14.0 Å². The lowest BCUT2D eigenvalue weighted by atomic mass is 10.2. The van der Waals surface area contributed by atoms with Gasteiger partial charge in [-0.05, 0) is 25.1 Å². The van der Waals surface area contributed by atoms with Gasteiger partial charge in [-0.15, -0.1) is 6.42 Å². The molecule has 1 aromatic rings. The number of terminal acetylenes is 1. The van der Waals surface area contributed by atoms with Gasteiger partial charge in [0, 0.05) is 4.47 Å². The van der Waals surface area contributed by atoms with Gasteiger partial charge in [0.15, 0.2) is 0 Å². The second-order valence-corrected chi connectivity index (χ2v) is 4.55. The van der Waals surface area contributed by atoms with Gasteiger partial charge in [0.1, 0.15) is 11.8 Å². The number of ether oxygens (including phenoxy) is 1. The predicted octanol–water partition coefficient (Wildman–Crippen LogP) is 2.01. The highest BCUT2D eigenvalue weighted by Crippen LogP contribution is 2.28. The van der Waals surface area contributed by atoms with Gasteiger partial charge >= 0.3 is 0 Å². The molecule has 1 rings (SSSR count). The summed E-state index contributed by atoms with van der Waals surface area (Å²) in [6.45, 7) is 1.98. The Morgan fingerprint density at radius 2 is 2.33 bits per heavy atom. The molecule has 18 heavy (non-hydrogen) atoms. The molecule has 0 aromatic heterocycles. The van der Waals surface area contributed by atoms with Crippen molar-refractivity contribution in [1.29, 1.82) is 0 Å². The fraction of sp³-hybridized carbons (Fsp3) is 0.308. The maximum absolute atomic E-state index is 11.7. The van der Waals surface area contributed by atoms with Crippen LogP contribution < -0.4 is 15.4 Å². The molecule has 0 saturated heterocycles. The molecule has 4 nitrogen and oxygen atoms in total. The first-order chi connectivity index (χ1) is 8.58. The van der Waals surface area contributed by atoms with Crippen LogP contribution in [0.5, 0.6) is 5.75 Å². The van der Waals surface area contributed by atoms with E-state index in [4.69, 9.17) is 11.2 Å². The van der Waals surface area contributed by atoms with Crippen molar-refractivity contribution in [3.05, 3.63) is 22.7 Å². The maximum atomic E-state index is 11.7. The molecule has 1 amide bonds. The molecule has 0 heterocycles. The molecule has 1 aromatic carbocycles. The minimum absolute atomic E-state index is 0.157. The van der Waals surface area contributed by atoms with Crippen LogP contribution in [0.2, 0.25) is 0 Å². The number of rotatable bonds is 5. The van der Waals surface area contributed by atoms with Crippen LogP contribution >= 0.6 is 15.9 Å². The van der Waals surface area contributed by atoms with Crippen LogP contribution in [-0.2, 0) is 4.79 Å². The predicted molar refractivity (Wildman–Crippen MR) is 75.6 cm³/mol. The van der Waals surface area contributed by atoms with Crippen LogP contribution in [0.15, 0.2) is 22.7 Å². The number of nitrogens with one attached hydrogen (secondary N) is 2. The Bertz CT molecular complexity index is 469. The standard InChI is InChI=1S/C13H15BrN2O2/c1-4-7-15-13(17)9(2)16-11-8-10(14)5-6-12(11)18-3/h1,5-6,8-9,16H,7H2,2-3H3,(H,15,17). The molecule has 0 aliphatic carbocycles. The molecule has 1 atom stereocenters. The second-order valence-electron chi connectivity index (χ2n) is 3.63. The van der Waals surface area contributed by atoms with Gasteiger partial charge in [0.25, 0.3) is 0 Å². The monoisotopic (exact) mass is 310 g/mol. The summed E-state index contributed by atoms with van der Waals surface area (Å²) in [4.78, 5) is 11.7. The third-order valence-corrected chi connectivity index (χ3v) is 2.78. The number of benzene rings is 1. The van der Waals surface area contributed by atoms with Crippen molar-refractivity contribution in [3.8, 4) is 18.1 Å². The van der Waals surface area contributed by atoms with E-state index < -0.39 is 6.04 Å². The third kappa shape index (κ3) is 3.97. The highest BCUT2D eigenvalue weighted by atomic mass is 79.9. The zero-order valence-electron chi connectivity index (χ0n) is 10.3. The number of methoxy groups -OCH3 is 1. The minimum Gasteiger partial charge on any atom is -0.495 e. The molecule has 2 N–H and O–H groups in total. The van der Waals surface area contributed by atoms with E-state index in [9.17, 15) is 4.79 Å². The van der Waals surface area contributed by atoms with Crippen molar-refractivity contribution >= 4 is 27.5 Å². The van der Waals surface area contributed by atoms with Crippen LogP contribution in [0.1, 0.15) is 6.92 Å². The Morgan fingerprint density at radius 3 is 2.94 bits per heavy atom. The first kappa shape index (κ1) is 14.4. The number of halogens is 1. The number of hydrogen-bond donors (Lipinski definition) is 2. The van der Waals surface area contributed by atoms with Gasteiger partial charge < -0.3 is 15.4 Å². The van der Waals surface area contributed by atoms with Crippen molar-refractivity contribution in [1.82, 2.24) is 5.32 Å². The summed E-state index contributed by atoms with van der Waals surface area (Å²) in [6.07, 6.45) is 5.08. The summed E-state index contributed by atoms with van der Waals surface area (Å²) >= 11 is 3.37. The topological polar surface area (TPSA) is 50.4 Å². The number of carbonyl (C=O) groups is 1. The van der Waals surface area contributed by atoms with E-state index in [0.717, 1.165) is 10.2 Å². The normalized spacial score (nSPS) is 11.2. The average Bonchev–Trinajstić information content (AvgIpc) is 2.36. The van der Waals surface area contributed by atoms with Gasteiger partial charge in [0.05, 0.1) is 19.3 Å². The zero-order valence-corrected chi connectivity index (χ0v) is 11.9. The molecule has 0 bridgehead atoms. The summed E-state index contributed by atoms with van der Waals surface area (Å²) < 4.78 is 6.12. The van der Waals surface area contributed by atoms with Gasteiger partial charge in [-0.2, -0.15) is 0 Å². The summed E-state index contributed by atoms with van der Waals surface area (Å²) in [5.74, 6) is 2.88. The van der Waals surface area contributed by atoms with Crippen molar-refractivity contribution in [3.63, 3.8) is 0 Å². The summed E-state index contributed by atoms with van der Waals surface area (Å²) in [6, 6.07) is 5.14. The van der Waals surface area contributed by atoms with Crippen molar-refractivity contribution in [2.75, 3.05) is 19.0 Å². The molecule has 1 unspecified atom stereocenters. The van der Waals surface area contributed by atoms with E-state index in [1.807, 2.05) is 18.2 Å². The first-order valence-electron chi connectivity index (χ1n) is 5.39. The SMILES string of the molecule is C#CCNC(=O)C(C)Nc1cc(Br)ccc1OC. The molecular formula is C13H15BrN2O2. The highest BCUT2D eigenvalue weighted by molar-refractivity contribution is 9.10. The van der Waals surface area contributed by atoms with Crippen molar-refractivity contribution in [2.45, 2.75) is 13.0 Å². The quantitative estimate of drug-likeness (QED) is 0.818. The lowest BCUT2D eigenvalue weighted by Gasteiger charge is -2.17. The summed E-state index contributed by atoms with van der Waals surface area (Å²) in [7, 11) is 1.58. The maximum Gasteiger partial charge on any atom is 0.242 e. The number of carbonyl (C=O) groups excluding carboxylic acids is 1. The number of hydrogen-bond acceptors (Lipinski definition) is 3. The van der Waals surface area contributed by atoms with Crippen LogP contribution in [-0.4, -0.2) is 25.6 Å². The van der Waals surface area contributed by atoms with Gasteiger partial charge in [-0.3, -0.25) is 4.79 Å². The Balaban J connectivity index is 2.75. The molecule has 0 radical (unpaired) electrons. The minimum atomic E-state index is -0.401. The van der Waals surface area contributed by atoms with E-state index in [1.165, 1.54) is 0 Å². The van der Waals surface area contributed by atoms with Gasteiger partial charge in [-0.1, -0.05) is 21.9 Å². The zero-order chi connectivity index (χ0) is 13.5. The van der Waals surface area contributed by atoms with E-state index in [-0.39, 0.29) is 12.5 Å². The highest BCUT2D eigenvalue weighted by Gasteiger charge is 2.14. The van der Waals surface area contributed by atoms with Gasteiger partial charge in [0.2, 0.25) is 5.91 Å². The van der Waals surface area contributed by atoms with Crippen LogP contribution in [0, 0.1) is 12.3 Å². The molecule has 0 spiro atoms. The Kier molecular flexibility index (Phi) is 5.53. The lowest BCUT2D eigenvalue weighted by molar-refractivity contribution is -0.121. The van der Waals surface area contributed by atoms with Crippen molar-refractivity contribution in [2.24, 2.45) is 0 Å². The lowest BCUT2D eigenvalue weighted by Crippen LogP contribution is -2.37. The van der Waals surface area contributed by atoms with E-state index in [2.05, 4.69) is 32.5 Å².